The van der Waals surface area contributed by atoms with E-state index >= 15 is 0 Å². The molecule has 2 rings (SSSR count). The Morgan fingerprint density at radius 2 is 1.96 bits per heavy atom. The molecule has 0 saturated heterocycles. The van der Waals surface area contributed by atoms with Crippen LogP contribution < -0.4 is 10.1 Å². The third-order valence-corrected chi connectivity index (χ3v) is 3.89. The van der Waals surface area contributed by atoms with Crippen molar-refractivity contribution in [3.63, 3.8) is 0 Å². The molecule has 2 N–H and O–H groups in total. The molecule has 1 aromatic carbocycles. The number of nitrogens with one attached hydrogen (secondary N) is 1. The van der Waals surface area contributed by atoms with Gasteiger partial charge in [0.05, 0.1) is 12.7 Å². The van der Waals surface area contributed by atoms with E-state index in [0.717, 1.165) is 17.7 Å². The normalized spacial score (nSPS) is 13.4. The molecule has 0 amide bonds. The molecule has 1 heterocycles. The Bertz CT molecular complexity index is 590. The number of pyridine rings is 1. The summed E-state index contributed by atoms with van der Waals surface area (Å²) in [5.41, 5.74) is 2.06. The monoisotopic (exact) mass is 344 g/mol. The van der Waals surface area contributed by atoms with Gasteiger partial charge in [-0.25, -0.2) is 0 Å². The van der Waals surface area contributed by atoms with Gasteiger partial charge in [0.2, 0.25) is 0 Å². The van der Waals surface area contributed by atoms with Crippen molar-refractivity contribution in [2.45, 2.75) is 32.4 Å². The van der Waals surface area contributed by atoms with Gasteiger partial charge < -0.3 is 19.9 Å². The molecule has 5 heteroatoms. The van der Waals surface area contributed by atoms with Gasteiger partial charge in [-0.3, -0.25) is 4.98 Å². The summed E-state index contributed by atoms with van der Waals surface area (Å²) in [6.07, 6.45) is 3.74. The number of nitrogens with zero attached hydrogens (tertiary/aromatic N) is 1. The van der Waals surface area contributed by atoms with Gasteiger partial charge in [0.25, 0.3) is 0 Å². The zero-order chi connectivity index (χ0) is 17.9. The highest BCUT2D eigenvalue weighted by atomic mass is 16.5. The second kappa shape index (κ2) is 10.8. The van der Waals surface area contributed by atoms with Crippen LogP contribution in [-0.2, 0) is 11.2 Å². The summed E-state index contributed by atoms with van der Waals surface area (Å²) in [6, 6.07) is 12.1. The lowest BCUT2D eigenvalue weighted by Gasteiger charge is -2.17. The second-order valence-corrected chi connectivity index (χ2v) is 6.00. The maximum atomic E-state index is 10.2. The second-order valence-electron chi connectivity index (χ2n) is 6.00. The largest absolute Gasteiger partial charge is 0.491 e. The minimum absolute atomic E-state index is 0.260. The lowest BCUT2D eigenvalue weighted by atomic mass is 10.1. The van der Waals surface area contributed by atoms with E-state index in [-0.39, 0.29) is 6.04 Å². The van der Waals surface area contributed by atoms with Gasteiger partial charge in [-0.2, -0.15) is 0 Å². The van der Waals surface area contributed by atoms with E-state index in [4.69, 9.17) is 9.47 Å². The van der Waals surface area contributed by atoms with Crippen molar-refractivity contribution in [2.75, 3.05) is 26.4 Å². The highest BCUT2D eigenvalue weighted by Gasteiger charge is 2.10. The molecule has 0 spiro atoms. The molecule has 1 unspecified atom stereocenters. The zero-order valence-corrected chi connectivity index (χ0v) is 15.0. The first-order valence-electron chi connectivity index (χ1n) is 8.80. The number of aliphatic hydroxyl groups is 1. The third kappa shape index (κ3) is 7.22. The summed E-state index contributed by atoms with van der Waals surface area (Å²) in [6.45, 7) is 6.48. The van der Waals surface area contributed by atoms with Crippen molar-refractivity contribution in [1.29, 1.82) is 0 Å². The molecule has 0 radical (unpaired) electrons. The molecular formula is C20H28N2O3. The number of hydrogen-bond donors (Lipinski definition) is 2. The predicted molar refractivity (Wildman–Crippen MR) is 98.8 cm³/mol. The predicted octanol–water partition coefficient (Wildman–Crippen LogP) is 2.75. The van der Waals surface area contributed by atoms with E-state index in [1.165, 1.54) is 5.56 Å². The van der Waals surface area contributed by atoms with Crippen molar-refractivity contribution >= 4 is 0 Å². The summed E-state index contributed by atoms with van der Waals surface area (Å²) >= 11 is 0. The Morgan fingerprint density at radius 1 is 1.16 bits per heavy atom. The molecule has 0 bridgehead atoms. The maximum absolute atomic E-state index is 10.2. The van der Waals surface area contributed by atoms with Crippen LogP contribution in [0.25, 0.3) is 0 Å². The van der Waals surface area contributed by atoms with E-state index in [9.17, 15) is 5.11 Å². The van der Waals surface area contributed by atoms with Gasteiger partial charge in [-0.05, 0) is 44.0 Å². The molecule has 1 aromatic heterocycles. The van der Waals surface area contributed by atoms with Crippen LogP contribution in [0.1, 0.15) is 31.1 Å². The van der Waals surface area contributed by atoms with Crippen molar-refractivity contribution in [2.24, 2.45) is 0 Å². The standard InChI is InChI=1S/C20H28N2O3/c1-3-24-11-12-25-19-8-6-17(7-9-19)13-16(2)22-15-20(23)18-5-4-10-21-14-18/h4-10,14,16,20,22-23H,3,11-13,15H2,1-2H3/t16-,20?/m1/s1. The zero-order valence-electron chi connectivity index (χ0n) is 15.0. The van der Waals surface area contributed by atoms with Gasteiger partial charge >= 0.3 is 0 Å². The molecule has 2 aromatic rings. The molecule has 0 aliphatic heterocycles. The third-order valence-electron chi connectivity index (χ3n) is 3.89. The fourth-order valence-electron chi connectivity index (χ4n) is 2.51. The first-order valence-corrected chi connectivity index (χ1v) is 8.80. The number of aliphatic hydroxyl groups excluding tert-OH is 1. The molecule has 25 heavy (non-hydrogen) atoms. The van der Waals surface area contributed by atoms with Crippen LogP contribution in [0.5, 0.6) is 5.75 Å². The van der Waals surface area contributed by atoms with Crippen LogP contribution >= 0.6 is 0 Å². The van der Waals surface area contributed by atoms with E-state index in [1.807, 2.05) is 31.2 Å². The van der Waals surface area contributed by atoms with E-state index < -0.39 is 6.10 Å². The summed E-state index contributed by atoms with van der Waals surface area (Å²) in [4.78, 5) is 4.03. The minimum atomic E-state index is -0.544. The topological polar surface area (TPSA) is 63.6 Å². The van der Waals surface area contributed by atoms with Gasteiger partial charge in [0, 0.05) is 37.2 Å². The Labute approximate surface area is 150 Å². The fourth-order valence-corrected chi connectivity index (χ4v) is 2.51. The molecular weight excluding hydrogens is 316 g/mol. The van der Waals surface area contributed by atoms with Crippen molar-refractivity contribution < 1.29 is 14.6 Å². The molecule has 0 fully saturated rings. The lowest BCUT2D eigenvalue weighted by molar-refractivity contribution is 0.110. The van der Waals surface area contributed by atoms with Crippen LogP contribution in [0, 0.1) is 0 Å². The SMILES string of the molecule is CCOCCOc1ccc(C[C@@H](C)NCC(O)c2cccnc2)cc1. The number of hydrogen-bond acceptors (Lipinski definition) is 5. The number of rotatable bonds is 11. The van der Waals surface area contributed by atoms with Crippen molar-refractivity contribution in [3.05, 3.63) is 59.9 Å². The molecule has 0 saturated carbocycles. The summed E-state index contributed by atoms with van der Waals surface area (Å²) in [5, 5.41) is 13.5. The summed E-state index contributed by atoms with van der Waals surface area (Å²) in [5.74, 6) is 0.857. The van der Waals surface area contributed by atoms with Crippen LogP contribution in [0.4, 0.5) is 0 Å². The maximum Gasteiger partial charge on any atom is 0.119 e. The van der Waals surface area contributed by atoms with Crippen LogP contribution in [0.2, 0.25) is 0 Å². The van der Waals surface area contributed by atoms with Gasteiger partial charge in [0.1, 0.15) is 12.4 Å². The van der Waals surface area contributed by atoms with Gasteiger partial charge in [-0.1, -0.05) is 18.2 Å². The summed E-state index contributed by atoms with van der Waals surface area (Å²) in [7, 11) is 0. The Balaban J connectivity index is 1.72. The van der Waals surface area contributed by atoms with E-state index in [1.54, 1.807) is 12.4 Å². The average Bonchev–Trinajstić information content (AvgIpc) is 2.65. The van der Waals surface area contributed by atoms with Crippen LogP contribution in [0.3, 0.4) is 0 Å². The molecule has 2 atom stereocenters. The molecule has 0 aliphatic rings. The fraction of sp³-hybridized carbons (Fsp3) is 0.450. The Morgan fingerprint density at radius 3 is 2.64 bits per heavy atom. The highest BCUT2D eigenvalue weighted by Crippen LogP contribution is 2.14. The first-order chi connectivity index (χ1) is 12.2. The Kier molecular flexibility index (Phi) is 8.39. The minimum Gasteiger partial charge on any atom is -0.491 e. The molecule has 0 aliphatic carbocycles. The van der Waals surface area contributed by atoms with E-state index in [0.29, 0.717) is 26.4 Å². The quantitative estimate of drug-likeness (QED) is 0.614. The van der Waals surface area contributed by atoms with Crippen LogP contribution in [-0.4, -0.2) is 42.5 Å². The highest BCUT2D eigenvalue weighted by molar-refractivity contribution is 5.27. The van der Waals surface area contributed by atoms with Crippen molar-refractivity contribution in [3.8, 4) is 5.75 Å². The number of benzene rings is 1. The molecule has 136 valence electrons. The van der Waals surface area contributed by atoms with Gasteiger partial charge in [0.15, 0.2) is 0 Å². The van der Waals surface area contributed by atoms with Crippen molar-refractivity contribution in [1.82, 2.24) is 10.3 Å². The Hall–Kier alpha value is -1.95. The van der Waals surface area contributed by atoms with Crippen LogP contribution in [0.15, 0.2) is 48.8 Å². The average molecular weight is 344 g/mol. The summed E-state index contributed by atoms with van der Waals surface area (Å²) < 4.78 is 10.9. The first kappa shape index (κ1) is 19.4. The van der Waals surface area contributed by atoms with Gasteiger partial charge in [-0.15, -0.1) is 0 Å². The van der Waals surface area contributed by atoms with E-state index in [2.05, 4.69) is 29.4 Å². The number of ether oxygens (including phenoxy) is 2. The smallest absolute Gasteiger partial charge is 0.119 e. The molecule has 5 nitrogen and oxygen atoms in total. The lowest BCUT2D eigenvalue weighted by Crippen LogP contribution is -2.32. The number of aromatic nitrogens is 1.